The second-order valence-electron chi connectivity index (χ2n) is 5.74. The van der Waals surface area contributed by atoms with Crippen LogP contribution in [0.2, 0.25) is 0 Å². The summed E-state index contributed by atoms with van der Waals surface area (Å²) in [4.78, 5) is 22.7. The fraction of sp³-hybridized carbons (Fsp3) is 0.500. The normalized spacial score (nSPS) is 12.2. The van der Waals surface area contributed by atoms with Crippen LogP contribution in [0.25, 0.3) is 0 Å². The zero-order valence-electron chi connectivity index (χ0n) is 12.7. The second kappa shape index (κ2) is 8.46. The summed E-state index contributed by atoms with van der Waals surface area (Å²) < 4.78 is 25.9. The minimum Gasteiger partial charge on any atom is -0.481 e. The highest BCUT2D eigenvalue weighted by molar-refractivity contribution is 5.77. The molecule has 0 radical (unpaired) electrons. The third kappa shape index (κ3) is 6.65. The van der Waals surface area contributed by atoms with Crippen LogP contribution in [0.15, 0.2) is 18.2 Å². The first-order chi connectivity index (χ1) is 10.3. The maximum atomic E-state index is 13.1. The predicted octanol–water partition coefficient (Wildman–Crippen LogP) is 2.90. The minimum absolute atomic E-state index is 0.0965. The Labute approximate surface area is 128 Å². The van der Waals surface area contributed by atoms with Gasteiger partial charge in [0.2, 0.25) is 5.91 Å². The van der Waals surface area contributed by atoms with Crippen molar-refractivity contribution < 1.29 is 23.5 Å². The smallest absolute Gasteiger partial charge is 0.305 e. The summed E-state index contributed by atoms with van der Waals surface area (Å²) >= 11 is 0. The van der Waals surface area contributed by atoms with Gasteiger partial charge < -0.3 is 10.4 Å². The first-order valence-electron chi connectivity index (χ1n) is 7.23. The lowest BCUT2D eigenvalue weighted by Gasteiger charge is -2.19. The van der Waals surface area contributed by atoms with E-state index in [1.165, 1.54) is 6.07 Å². The molecule has 0 heterocycles. The lowest BCUT2D eigenvalue weighted by Crippen LogP contribution is -2.37. The molecule has 2 N–H and O–H groups in total. The van der Waals surface area contributed by atoms with Crippen molar-refractivity contribution in [2.45, 2.75) is 45.6 Å². The Kier molecular flexibility index (Phi) is 6.95. The number of rotatable bonds is 8. The topological polar surface area (TPSA) is 66.4 Å². The molecule has 0 fully saturated rings. The van der Waals surface area contributed by atoms with E-state index in [1.807, 2.05) is 13.8 Å². The second-order valence-corrected chi connectivity index (χ2v) is 5.74. The SMILES string of the molecule is CC(C)CC(CC(=O)O)NC(=O)CCc1ccc(F)c(F)c1. The van der Waals surface area contributed by atoms with Gasteiger partial charge in [-0.05, 0) is 36.5 Å². The van der Waals surface area contributed by atoms with Crippen LogP contribution in [0.4, 0.5) is 8.78 Å². The van der Waals surface area contributed by atoms with Crippen LogP contribution >= 0.6 is 0 Å². The quantitative estimate of drug-likeness (QED) is 0.775. The number of carbonyl (C=O) groups is 2. The molecule has 1 aromatic carbocycles. The summed E-state index contributed by atoms with van der Waals surface area (Å²) in [6.07, 6.45) is 0.808. The van der Waals surface area contributed by atoms with Crippen molar-refractivity contribution in [2.24, 2.45) is 5.92 Å². The fourth-order valence-electron chi connectivity index (χ4n) is 2.23. The largest absolute Gasteiger partial charge is 0.481 e. The van der Waals surface area contributed by atoms with Gasteiger partial charge in [-0.2, -0.15) is 0 Å². The van der Waals surface area contributed by atoms with E-state index in [0.29, 0.717) is 12.0 Å². The van der Waals surface area contributed by atoms with E-state index in [2.05, 4.69) is 5.32 Å². The van der Waals surface area contributed by atoms with Gasteiger partial charge in [0.25, 0.3) is 0 Å². The molecule has 122 valence electrons. The average Bonchev–Trinajstić information content (AvgIpc) is 2.38. The van der Waals surface area contributed by atoms with E-state index in [9.17, 15) is 18.4 Å². The Morgan fingerprint density at radius 3 is 2.45 bits per heavy atom. The van der Waals surface area contributed by atoms with Crippen LogP contribution in [0.5, 0.6) is 0 Å². The van der Waals surface area contributed by atoms with Gasteiger partial charge in [0.15, 0.2) is 11.6 Å². The number of halogens is 2. The molecular formula is C16H21F2NO3. The van der Waals surface area contributed by atoms with Gasteiger partial charge in [-0.25, -0.2) is 8.78 Å². The minimum atomic E-state index is -0.966. The molecule has 1 atom stereocenters. The van der Waals surface area contributed by atoms with Crippen molar-refractivity contribution in [1.82, 2.24) is 5.32 Å². The van der Waals surface area contributed by atoms with Gasteiger partial charge in [0.1, 0.15) is 0 Å². The number of hydrogen-bond acceptors (Lipinski definition) is 2. The molecule has 4 nitrogen and oxygen atoms in total. The highest BCUT2D eigenvalue weighted by atomic mass is 19.2. The van der Waals surface area contributed by atoms with Crippen LogP contribution < -0.4 is 5.32 Å². The zero-order chi connectivity index (χ0) is 16.7. The highest BCUT2D eigenvalue weighted by Crippen LogP contribution is 2.12. The maximum absolute atomic E-state index is 13.1. The molecule has 0 saturated carbocycles. The van der Waals surface area contributed by atoms with Gasteiger partial charge in [-0.15, -0.1) is 0 Å². The average molecular weight is 313 g/mol. The molecule has 0 spiro atoms. The van der Waals surface area contributed by atoms with Crippen molar-refractivity contribution in [3.63, 3.8) is 0 Å². The number of hydrogen-bond donors (Lipinski definition) is 2. The van der Waals surface area contributed by atoms with Crippen LogP contribution in [-0.4, -0.2) is 23.0 Å². The molecule has 0 aliphatic rings. The molecule has 0 aliphatic heterocycles. The molecular weight excluding hydrogens is 292 g/mol. The van der Waals surface area contributed by atoms with E-state index < -0.39 is 23.6 Å². The van der Waals surface area contributed by atoms with Crippen LogP contribution in [0.3, 0.4) is 0 Å². The van der Waals surface area contributed by atoms with Gasteiger partial charge in [0.05, 0.1) is 6.42 Å². The summed E-state index contributed by atoms with van der Waals surface area (Å²) in [6.45, 7) is 3.89. The van der Waals surface area contributed by atoms with E-state index in [4.69, 9.17) is 5.11 Å². The lowest BCUT2D eigenvalue weighted by molar-refractivity contribution is -0.137. The Balaban J connectivity index is 2.52. The number of nitrogens with one attached hydrogen (secondary N) is 1. The van der Waals surface area contributed by atoms with E-state index in [1.54, 1.807) is 0 Å². The molecule has 0 aromatic heterocycles. The van der Waals surface area contributed by atoms with Gasteiger partial charge in [0, 0.05) is 12.5 Å². The maximum Gasteiger partial charge on any atom is 0.305 e. The monoisotopic (exact) mass is 313 g/mol. The first-order valence-corrected chi connectivity index (χ1v) is 7.23. The van der Waals surface area contributed by atoms with Crippen LogP contribution in [0.1, 0.15) is 38.7 Å². The summed E-state index contributed by atoms with van der Waals surface area (Å²) in [5, 5.41) is 11.5. The number of carboxylic acids is 1. The summed E-state index contributed by atoms with van der Waals surface area (Å²) in [7, 11) is 0. The summed E-state index contributed by atoms with van der Waals surface area (Å²) in [5.74, 6) is -2.87. The predicted molar refractivity (Wildman–Crippen MR) is 78.3 cm³/mol. The van der Waals surface area contributed by atoms with Crippen molar-refractivity contribution in [3.8, 4) is 0 Å². The van der Waals surface area contributed by atoms with E-state index >= 15 is 0 Å². The molecule has 1 amide bonds. The summed E-state index contributed by atoms with van der Waals surface area (Å²) in [5.41, 5.74) is 0.521. The Bertz CT molecular complexity index is 532. The molecule has 6 heteroatoms. The number of aryl methyl sites for hydroxylation is 1. The molecule has 0 bridgehead atoms. The molecule has 1 aromatic rings. The summed E-state index contributed by atoms with van der Waals surface area (Å²) in [6, 6.07) is 3.09. The van der Waals surface area contributed by atoms with E-state index in [0.717, 1.165) is 12.1 Å². The Morgan fingerprint density at radius 1 is 1.23 bits per heavy atom. The standard InChI is InChI=1S/C16H21F2NO3/c1-10(2)7-12(9-16(21)22)19-15(20)6-4-11-3-5-13(17)14(18)8-11/h3,5,8,10,12H,4,6-7,9H2,1-2H3,(H,19,20)(H,21,22). The van der Waals surface area contributed by atoms with E-state index in [-0.39, 0.29) is 31.1 Å². The fourth-order valence-corrected chi connectivity index (χ4v) is 2.23. The lowest BCUT2D eigenvalue weighted by atomic mass is 10.0. The third-order valence-corrected chi connectivity index (χ3v) is 3.17. The van der Waals surface area contributed by atoms with Gasteiger partial charge >= 0.3 is 5.97 Å². The van der Waals surface area contributed by atoms with Crippen molar-refractivity contribution in [1.29, 1.82) is 0 Å². The number of carbonyl (C=O) groups excluding carboxylic acids is 1. The van der Waals surface area contributed by atoms with Gasteiger partial charge in [-0.1, -0.05) is 19.9 Å². The van der Waals surface area contributed by atoms with Crippen molar-refractivity contribution >= 4 is 11.9 Å². The first kappa shape index (κ1) is 18.1. The molecule has 22 heavy (non-hydrogen) atoms. The number of carboxylic acid groups (broad SMARTS) is 1. The molecule has 0 saturated heterocycles. The Morgan fingerprint density at radius 2 is 1.91 bits per heavy atom. The third-order valence-electron chi connectivity index (χ3n) is 3.17. The number of amides is 1. The van der Waals surface area contributed by atoms with Crippen molar-refractivity contribution in [3.05, 3.63) is 35.4 Å². The molecule has 1 unspecified atom stereocenters. The number of benzene rings is 1. The molecule has 0 aliphatic carbocycles. The molecule has 1 rings (SSSR count). The van der Waals surface area contributed by atoms with Crippen LogP contribution in [-0.2, 0) is 16.0 Å². The van der Waals surface area contributed by atoms with Gasteiger partial charge in [-0.3, -0.25) is 9.59 Å². The van der Waals surface area contributed by atoms with Crippen LogP contribution in [0, 0.1) is 17.6 Å². The number of aliphatic carboxylic acids is 1. The van der Waals surface area contributed by atoms with Crippen molar-refractivity contribution in [2.75, 3.05) is 0 Å². The highest BCUT2D eigenvalue weighted by Gasteiger charge is 2.17. The Hall–Kier alpha value is -1.98. The zero-order valence-corrected chi connectivity index (χ0v) is 12.7.